The molecule has 0 aliphatic carbocycles. The van der Waals surface area contributed by atoms with Gasteiger partial charge in [0.25, 0.3) is 0 Å². The Balaban J connectivity index is -0.000000125. The second kappa shape index (κ2) is 20.6. The third-order valence-electron chi connectivity index (χ3n) is 1.87. The second-order valence-corrected chi connectivity index (χ2v) is 4.65. The SMILES string of the molecule is C=C(C)C(=O)O.C=C(C)C(=O)O.C=C(C)C(=O)O.COC(C)OCCO. The molecule has 9 nitrogen and oxygen atoms in total. The lowest BCUT2D eigenvalue weighted by atomic mass is 10.4. The van der Waals surface area contributed by atoms with Crippen LogP contribution in [0.3, 0.4) is 0 Å². The van der Waals surface area contributed by atoms with Gasteiger partial charge in [0, 0.05) is 23.8 Å². The molecule has 0 aliphatic rings. The standard InChI is InChI=1S/C5H12O3.3C4H6O2/c1-5(7-2)8-4-3-6;3*1-3(2)4(5)6/h5-6H,3-4H2,1-2H3;3*1H2,2H3,(H,5,6). The molecule has 9 heteroatoms. The molecule has 0 spiro atoms. The number of hydrogen-bond acceptors (Lipinski definition) is 6. The summed E-state index contributed by atoms with van der Waals surface area (Å²) in [6, 6.07) is 0. The number of rotatable bonds is 7. The third-order valence-corrected chi connectivity index (χ3v) is 1.87. The topological polar surface area (TPSA) is 151 Å². The fourth-order valence-corrected chi connectivity index (χ4v) is 0.287. The van der Waals surface area contributed by atoms with Gasteiger partial charge in [-0.3, -0.25) is 0 Å². The van der Waals surface area contributed by atoms with E-state index in [1.54, 1.807) is 14.0 Å². The van der Waals surface area contributed by atoms with E-state index >= 15 is 0 Å². The maximum absolute atomic E-state index is 9.60. The Morgan fingerprint density at radius 2 is 1.08 bits per heavy atom. The van der Waals surface area contributed by atoms with Crippen LogP contribution in [0.2, 0.25) is 0 Å². The van der Waals surface area contributed by atoms with Crippen molar-refractivity contribution < 1.29 is 44.3 Å². The highest BCUT2D eigenvalue weighted by Gasteiger charge is 1.94. The molecule has 1 unspecified atom stereocenters. The quantitative estimate of drug-likeness (QED) is 0.385. The smallest absolute Gasteiger partial charge is 0.330 e. The van der Waals surface area contributed by atoms with E-state index in [0.717, 1.165) is 0 Å². The molecule has 0 aliphatic heterocycles. The second-order valence-electron chi connectivity index (χ2n) is 4.65. The van der Waals surface area contributed by atoms with Crippen molar-refractivity contribution in [3.05, 3.63) is 36.5 Å². The molecule has 0 heterocycles. The number of carboxylic acids is 3. The van der Waals surface area contributed by atoms with Crippen molar-refractivity contribution in [3.63, 3.8) is 0 Å². The van der Waals surface area contributed by atoms with Crippen LogP contribution in [0.1, 0.15) is 27.7 Å². The fourth-order valence-electron chi connectivity index (χ4n) is 0.287. The first-order chi connectivity index (χ1) is 11.7. The van der Waals surface area contributed by atoms with Crippen molar-refractivity contribution in [2.45, 2.75) is 34.0 Å². The summed E-state index contributed by atoms with van der Waals surface area (Å²) >= 11 is 0. The number of aliphatic carboxylic acids is 3. The van der Waals surface area contributed by atoms with Crippen molar-refractivity contribution in [3.8, 4) is 0 Å². The summed E-state index contributed by atoms with van der Waals surface area (Å²) in [4.78, 5) is 28.8. The number of carbonyl (C=O) groups is 3. The third kappa shape index (κ3) is 37.6. The molecule has 0 radical (unpaired) electrons. The summed E-state index contributed by atoms with van der Waals surface area (Å²) < 4.78 is 9.59. The maximum atomic E-state index is 9.60. The molecule has 0 saturated carbocycles. The highest BCUT2D eigenvalue weighted by Crippen LogP contribution is 1.87. The monoisotopic (exact) mass is 378 g/mol. The van der Waals surface area contributed by atoms with Gasteiger partial charge in [-0.05, 0) is 27.7 Å². The molecule has 0 aromatic heterocycles. The minimum atomic E-state index is -0.935. The molecule has 0 aromatic carbocycles. The Kier molecular flexibility index (Phi) is 24.7. The summed E-state index contributed by atoms with van der Waals surface area (Å²) in [5.74, 6) is -2.81. The molecule has 0 fully saturated rings. The van der Waals surface area contributed by atoms with Crippen LogP contribution in [0.15, 0.2) is 36.5 Å². The predicted octanol–water partition coefficient (Wildman–Crippen LogP) is 1.93. The molecular weight excluding hydrogens is 348 g/mol. The van der Waals surface area contributed by atoms with Crippen LogP contribution in [0.5, 0.6) is 0 Å². The lowest BCUT2D eigenvalue weighted by Crippen LogP contribution is -2.12. The minimum absolute atomic E-state index is 0.0493. The Morgan fingerprint density at radius 1 is 0.846 bits per heavy atom. The first-order valence-electron chi connectivity index (χ1n) is 7.16. The van der Waals surface area contributed by atoms with Crippen molar-refractivity contribution >= 4 is 17.9 Å². The molecule has 152 valence electrons. The Morgan fingerprint density at radius 3 is 1.19 bits per heavy atom. The first kappa shape index (κ1) is 31.3. The fraction of sp³-hybridized carbons (Fsp3) is 0.471. The maximum Gasteiger partial charge on any atom is 0.330 e. The predicted molar refractivity (Wildman–Crippen MR) is 96.9 cm³/mol. The van der Waals surface area contributed by atoms with Gasteiger partial charge in [-0.25, -0.2) is 14.4 Å². The summed E-state index contributed by atoms with van der Waals surface area (Å²) in [5.41, 5.74) is 0.528. The summed E-state index contributed by atoms with van der Waals surface area (Å²) in [7, 11) is 1.56. The zero-order valence-corrected chi connectivity index (χ0v) is 15.9. The van der Waals surface area contributed by atoms with Gasteiger partial charge < -0.3 is 29.9 Å². The van der Waals surface area contributed by atoms with Gasteiger partial charge in [0.15, 0.2) is 6.29 Å². The average molecular weight is 378 g/mol. The lowest BCUT2D eigenvalue weighted by molar-refractivity contribution is -0.133. The van der Waals surface area contributed by atoms with E-state index in [1.165, 1.54) is 20.8 Å². The lowest BCUT2D eigenvalue weighted by Gasteiger charge is -2.08. The molecule has 0 aromatic rings. The molecule has 0 saturated heterocycles. The highest BCUT2D eigenvalue weighted by molar-refractivity contribution is 5.85. The van der Waals surface area contributed by atoms with Gasteiger partial charge in [0.2, 0.25) is 0 Å². The van der Waals surface area contributed by atoms with Gasteiger partial charge >= 0.3 is 17.9 Å². The highest BCUT2D eigenvalue weighted by atomic mass is 16.7. The van der Waals surface area contributed by atoms with Crippen molar-refractivity contribution in [2.75, 3.05) is 20.3 Å². The minimum Gasteiger partial charge on any atom is -0.478 e. The Hall–Kier alpha value is -2.49. The van der Waals surface area contributed by atoms with E-state index in [1.807, 2.05) is 0 Å². The van der Waals surface area contributed by atoms with Gasteiger partial charge in [0.05, 0.1) is 13.2 Å². The van der Waals surface area contributed by atoms with Gasteiger partial charge in [-0.15, -0.1) is 0 Å². The van der Waals surface area contributed by atoms with Crippen LogP contribution < -0.4 is 0 Å². The molecule has 0 rings (SSSR count). The normalized spacial score (nSPS) is 9.46. The zero-order valence-electron chi connectivity index (χ0n) is 15.9. The number of aliphatic hydroxyl groups excluding tert-OH is 1. The van der Waals surface area contributed by atoms with E-state index in [-0.39, 0.29) is 29.6 Å². The van der Waals surface area contributed by atoms with Crippen LogP contribution in [0.4, 0.5) is 0 Å². The number of methoxy groups -OCH3 is 1. The molecule has 0 bridgehead atoms. The average Bonchev–Trinajstić information content (AvgIpc) is 2.53. The van der Waals surface area contributed by atoms with Crippen molar-refractivity contribution in [1.82, 2.24) is 0 Å². The molecule has 26 heavy (non-hydrogen) atoms. The van der Waals surface area contributed by atoms with Crippen molar-refractivity contribution in [1.29, 1.82) is 0 Å². The molecule has 1 atom stereocenters. The summed E-state index contributed by atoms with van der Waals surface area (Å²) in [5, 5.41) is 31.9. The van der Waals surface area contributed by atoms with Gasteiger partial charge in [0.1, 0.15) is 0 Å². The summed E-state index contributed by atoms with van der Waals surface area (Å²) in [6.07, 6.45) is -0.206. The van der Waals surface area contributed by atoms with Crippen molar-refractivity contribution in [2.24, 2.45) is 0 Å². The van der Waals surface area contributed by atoms with Crippen LogP contribution in [0, 0.1) is 0 Å². The van der Waals surface area contributed by atoms with E-state index in [9.17, 15) is 14.4 Å². The Bertz CT molecular complexity index is 374. The summed E-state index contributed by atoms with van der Waals surface area (Å²) in [6.45, 7) is 16.0. The zero-order chi connectivity index (χ0) is 21.9. The first-order valence-corrected chi connectivity index (χ1v) is 7.16. The van der Waals surface area contributed by atoms with E-state index in [4.69, 9.17) is 29.9 Å². The number of carboxylic acid groups (broad SMARTS) is 3. The van der Waals surface area contributed by atoms with Crippen LogP contribution in [0.25, 0.3) is 0 Å². The van der Waals surface area contributed by atoms with E-state index in [2.05, 4.69) is 19.7 Å². The van der Waals surface area contributed by atoms with Crippen LogP contribution in [-0.2, 0) is 23.9 Å². The van der Waals surface area contributed by atoms with E-state index in [0.29, 0.717) is 6.61 Å². The van der Waals surface area contributed by atoms with Crippen LogP contribution >= 0.6 is 0 Å². The molecule has 4 N–H and O–H groups in total. The van der Waals surface area contributed by atoms with Gasteiger partial charge in [-0.1, -0.05) is 19.7 Å². The largest absolute Gasteiger partial charge is 0.478 e. The number of ether oxygens (including phenoxy) is 2. The Labute approximate surface area is 153 Å². The molecule has 0 amide bonds. The van der Waals surface area contributed by atoms with Gasteiger partial charge in [-0.2, -0.15) is 0 Å². The number of hydrogen-bond donors (Lipinski definition) is 4. The van der Waals surface area contributed by atoms with E-state index < -0.39 is 17.9 Å². The molecular formula is C17H30O9. The number of aliphatic hydroxyl groups is 1. The van der Waals surface area contributed by atoms with Crippen LogP contribution in [-0.4, -0.2) is 64.9 Å².